The molecule has 3 aromatic carbocycles. The number of aryl methyl sites for hydroxylation is 1. The van der Waals surface area contributed by atoms with Crippen molar-refractivity contribution in [3.05, 3.63) is 89.5 Å². The quantitative estimate of drug-likeness (QED) is 0.545. The molecule has 1 atom stereocenters. The zero-order chi connectivity index (χ0) is 23.5. The zero-order valence-corrected chi connectivity index (χ0v) is 19.5. The minimum atomic E-state index is -3.89. The van der Waals surface area contributed by atoms with Gasteiger partial charge in [-0.15, -0.1) is 0 Å². The first-order valence-electron chi connectivity index (χ1n) is 9.77. The molecule has 32 heavy (non-hydrogen) atoms. The molecule has 0 bridgehead atoms. The van der Waals surface area contributed by atoms with Crippen LogP contribution in [-0.2, 0) is 19.9 Å². The molecule has 0 aliphatic rings. The molecule has 9 heteroatoms. The van der Waals surface area contributed by atoms with Gasteiger partial charge in [-0.25, -0.2) is 16.8 Å². The fraction of sp³-hybridized carbons (Fsp3) is 0.174. The van der Waals surface area contributed by atoms with Crippen LogP contribution >= 0.6 is 0 Å². The Kier molecular flexibility index (Phi) is 6.71. The maximum absolute atomic E-state index is 12.9. The van der Waals surface area contributed by atoms with E-state index in [0.29, 0.717) is 11.3 Å². The summed E-state index contributed by atoms with van der Waals surface area (Å²) in [6.07, 6.45) is 1.13. The maximum Gasteiger partial charge on any atom is 0.262 e. The molecule has 0 aromatic heterocycles. The number of sulfonamides is 1. The van der Waals surface area contributed by atoms with Crippen molar-refractivity contribution in [2.75, 3.05) is 11.0 Å². The monoisotopic (exact) mass is 472 g/mol. The van der Waals surface area contributed by atoms with Crippen molar-refractivity contribution in [3.8, 4) is 0 Å². The van der Waals surface area contributed by atoms with Crippen LogP contribution in [0.1, 0.15) is 34.5 Å². The number of para-hydroxylation sites is 1. The van der Waals surface area contributed by atoms with E-state index >= 15 is 0 Å². The largest absolute Gasteiger partial charge is 0.346 e. The van der Waals surface area contributed by atoms with Gasteiger partial charge >= 0.3 is 0 Å². The highest BCUT2D eigenvalue weighted by atomic mass is 32.2. The summed E-state index contributed by atoms with van der Waals surface area (Å²) in [7, 11) is -7.19. The van der Waals surface area contributed by atoms with Crippen molar-refractivity contribution in [2.45, 2.75) is 29.7 Å². The number of hydrogen-bond donors (Lipinski definition) is 2. The van der Waals surface area contributed by atoms with Gasteiger partial charge in [-0.1, -0.05) is 36.4 Å². The van der Waals surface area contributed by atoms with Crippen molar-refractivity contribution in [3.63, 3.8) is 0 Å². The highest BCUT2D eigenvalue weighted by Gasteiger charge is 2.20. The number of rotatable bonds is 7. The van der Waals surface area contributed by atoms with E-state index in [1.54, 1.807) is 68.4 Å². The molecule has 1 amide bonds. The van der Waals surface area contributed by atoms with Crippen LogP contribution in [0.3, 0.4) is 0 Å². The third kappa shape index (κ3) is 5.54. The van der Waals surface area contributed by atoms with Gasteiger partial charge in [0.25, 0.3) is 15.9 Å². The van der Waals surface area contributed by atoms with Gasteiger partial charge in [-0.3, -0.25) is 9.52 Å². The molecule has 3 aromatic rings. The second-order valence-electron chi connectivity index (χ2n) is 7.49. The Labute approximate surface area is 188 Å². The topological polar surface area (TPSA) is 109 Å². The van der Waals surface area contributed by atoms with Crippen molar-refractivity contribution in [1.82, 2.24) is 5.32 Å². The summed E-state index contributed by atoms with van der Waals surface area (Å²) in [4.78, 5) is 13.0. The highest BCUT2D eigenvalue weighted by Crippen LogP contribution is 2.22. The Morgan fingerprint density at radius 3 is 2.09 bits per heavy atom. The first kappa shape index (κ1) is 23.5. The fourth-order valence-corrected chi connectivity index (χ4v) is 5.08. The van der Waals surface area contributed by atoms with Crippen LogP contribution < -0.4 is 10.0 Å². The minimum absolute atomic E-state index is 0.0131. The first-order valence-corrected chi connectivity index (χ1v) is 13.1. The van der Waals surface area contributed by atoms with Crippen LogP contribution in [0.25, 0.3) is 0 Å². The number of hydrogen-bond acceptors (Lipinski definition) is 5. The van der Waals surface area contributed by atoms with E-state index in [1.165, 1.54) is 18.2 Å². The minimum Gasteiger partial charge on any atom is -0.346 e. The molecule has 2 N–H and O–H groups in total. The van der Waals surface area contributed by atoms with Gasteiger partial charge in [0.1, 0.15) is 0 Å². The Balaban J connectivity index is 1.80. The van der Waals surface area contributed by atoms with Crippen LogP contribution in [0, 0.1) is 6.92 Å². The predicted octanol–water partition coefficient (Wildman–Crippen LogP) is 3.69. The summed E-state index contributed by atoms with van der Waals surface area (Å²) in [5.74, 6) is -0.444. The molecule has 1 unspecified atom stereocenters. The van der Waals surface area contributed by atoms with Crippen molar-refractivity contribution >= 4 is 31.5 Å². The summed E-state index contributed by atoms with van der Waals surface area (Å²) in [5, 5.41) is 2.81. The highest BCUT2D eigenvalue weighted by molar-refractivity contribution is 7.92. The molecule has 7 nitrogen and oxygen atoms in total. The standard InChI is InChI=1S/C23H24N2O5S2/c1-16-9-10-19(15-22(16)32(29,30)25-20-7-5-4-6-8-20)23(26)24-17(2)18-11-13-21(14-12-18)31(3,27)28/h4-15,17,25H,1-3H3,(H,24,26). The molecular weight excluding hydrogens is 448 g/mol. The van der Waals surface area contributed by atoms with Gasteiger partial charge in [-0.2, -0.15) is 0 Å². The van der Waals surface area contributed by atoms with Gasteiger partial charge in [0.2, 0.25) is 0 Å². The molecule has 0 radical (unpaired) electrons. The van der Waals surface area contributed by atoms with Crippen LogP contribution in [0.2, 0.25) is 0 Å². The molecule has 0 spiro atoms. The van der Waals surface area contributed by atoms with E-state index in [2.05, 4.69) is 10.0 Å². The van der Waals surface area contributed by atoms with Gasteiger partial charge in [-0.05, 0) is 61.4 Å². The van der Waals surface area contributed by atoms with Gasteiger partial charge < -0.3 is 5.32 Å². The Hall–Kier alpha value is -3.17. The zero-order valence-electron chi connectivity index (χ0n) is 17.9. The smallest absolute Gasteiger partial charge is 0.262 e. The van der Waals surface area contributed by atoms with E-state index in [1.807, 2.05) is 0 Å². The average molecular weight is 473 g/mol. The predicted molar refractivity (Wildman–Crippen MR) is 124 cm³/mol. The number of nitrogens with one attached hydrogen (secondary N) is 2. The lowest BCUT2D eigenvalue weighted by molar-refractivity contribution is 0.0939. The van der Waals surface area contributed by atoms with Crippen molar-refractivity contribution < 1.29 is 21.6 Å². The average Bonchev–Trinajstić information content (AvgIpc) is 2.73. The maximum atomic E-state index is 12.9. The molecule has 0 saturated heterocycles. The number of benzene rings is 3. The molecule has 0 saturated carbocycles. The summed E-state index contributed by atoms with van der Waals surface area (Å²) in [6.45, 7) is 3.42. The molecule has 0 aliphatic carbocycles. The van der Waals surface area contributed by atoms with Gasteiger partial charge in [0.15, 0.2) is 9.84 Å². The molecule has 0 fully saturated rings. The van der Waals surface area contributed by atoms with Gasteiger partial charge in [0.05, 0.1) is 15.8 Å². The normalized spacial score (nSPS) is 12.7. The van der Waals surface area contributed by atoms with Crippen LogP contribution in [0.15, 0.2) is 82.6 Å². The lowest BCUT2D eigenvalue weighted by atomic mass is 10.1. The number of carbonyl (C=O) groups excluding carboxylic acids is 1. The molecule has 0 heterocycles. The second kappa shape index (κ2) is 9.13. The van der Waals surface area contributed by atoms with Crippen molar-refractivity contribution in [1.29, 1.82) is 0 Å². The molecule has 3 rings (SSSR count). The lowest BCUT2D eigenvalue weighted by Crippen LogP contribution is -2.27. The third-order valence-electron chi connectivity index (χ3n) is 4.92. The SMILES string of the molecule is Cc1ccc(C(=O)NC(C)c2ccc(S(C)(=O)=O)cc2)cc1S(=O)(=O)Nc1ccccc1. The molecule has 168 valence electrons. The third-order valence-corrected chi connectivity index (χ3v) is 7.57. The Morgan fingerprint density at radius 2 is 1.50 bits per heavy atom. The molecule has 0 aliphatic heterocycles. The number of anilines is 1. The first-order chi connectivity index (χ1) is 15.0. The summed E-state index contributed by atoms with van der Waals surface area (Å²) in [5.41, 5.74) is 1.85. The summed E-state index contributed by atoms with van der Waals surface area (Å²) in [6, 6.07) is 18.8. The van der Waals surface area contributed by atoms with Gasteiger partial charge in [0, 0.05) is 17.5 Å². The van der Waals surface area contributed by atoms with Crippen LogP contribution in [0.4, 0.5) is 5.69 Å². The Bertz CT molecular complexity index is 1330. The Morgan fingerprint density at radius 1 is 0.875 bits per heavy atom. The van der Waals surface area contributed by atoms with E-state index < -0.39 is 31.8 Å². The fourth-order valence-electron chi connectivity index (χ4n) is 3.11. The number of amides is 1. The van der Waals surface area contributed by atoms with Crippen LogP contribution in [-0.4, -0.2) is 29.0 Å². The van der Waals surface area contributed by atoms with E-state index in [0.717, 1.165) is 11.8 Å². The van der Waals surface area contributed by atoms with Crippen LogP contribution in [0.5, 0.6) is 0 Å². The van der Waals surface area contributed by atoms with E-state index in [4.69, 9.17) is 0 Å². The number of carbonyl (C=O) groups is 1. The van der Waals surface area contributed by atoms with E-state index in [-0.39, 0.29) is 15.4 Å². The molecular formula is C23H24N2O5S2. The number of sulfone groups is 1. The summed E-state index contributed by atoms with van der Waals surface area (Å²) < 4.78 is 51.5. The second-order valence-corrected chi connectivity index (χ2v) is 11.2. The van der Waals surface area contributed by atoms with E-state index in [9.17, 15) is 21.6 Å². The lowest BCUT2D eigenvalue weighted by Gasteiger charge is -2.16. The van der Waals surface area contributed by atoms with Crippen molar-refractivity contribution in [2.24, 2.45) is 0 Å². The summed E-state index contributed by atoms with van der Waals surface area (Å²) >= 11 is 0.